The number of unbranched alkanes of at least 4 members (excludes halogenated alkanes) is 1. The van der Waals surface area contributed by atoms with Gasteiger partial charge in [0.15, 0.2) is 0 Å². The Labute approximate surface area is 877 Å². The zero-order chi connectivity index (χ0) is 108. The monoisotopic (exact) mass is 2040 g/mol. The Kier molecular flexibility index (Phi) is 62.3. The first-order chi connectivity index (χ1) is 69.7. The van der Waals surface area contributed by atoms with E-state index < -0.39 is 0 Å². The summed E-state index contributed by atoms with van der Waals surface area (Å²) in [6.45, 7) is 50.4. The van der Waals surface area contributed by atoms with Crippen LogP contribution in [0.3, 0.4) is 0 Å². The number of benzene rings is 6. The van der Waals surface area contributed by atoms with Crippen molar-refractivity contribution in [1.82, 2.24) is 29.4 Å². The SMILES string of the molecule is CCCCOc1cc(N)ccc1C(=O)OC[C@H](CC(C)C)N1CCCCC1.CCCOc1cc(C(=O)OC[C@H](C(C)CC)N(C)C)ccc1N.CCCOc1cc(C(=O)OC[C@H](CC(C)C)N2CCCCC2)ccc1N.CCCOc1cc(N)ccc1C(=O)OC[C@H](CC(C)C)N1CCCCC1.CCOc1cc(C(=O)OC[C@H](C(C)CC)N(C)C)ccc1N.CCOc1cc(N)ccc1C(=O)OC[C@H](C(C)CC)N(C)C. The lowest BCUT2D eigenvalue weighted by Gasteiger charge is -2.35. The number of esters is 6. The minimum absolute atomic E-state index is 0.193. The molecule has 9 rings (SSSR count). The van der Waals surface area contributed by atoms with Crippen LogP contribution >= 0.6 is 0 Å². The van der Waals surface area contributed by atoms with Crippen LogP contribution in [0.4, 0.5) is 34.1 Å². The van der Waals surface area contributed by atoms with Crippen molar-refractivity contribution in [3.63, 3.8) is 0 Å². The highest BCUT2D eigenvalue weighted by Gasteiger charge is 2.31. The first kappa shape index (κ1) is 128. The van der Waals surface area contributed by atoms with Crippen molar-refractivity contribution in [2.75, 3.05) is 195 Å². The summed E-state index contributed by atoms with van der Waals surface area (Å²) in [5.41, 5.74) is 41.1. The molecule has 822 valence electrons. The van der Waals surface area contributed by atoms with Crippen molar-refractivity contribution in [2.24, 2.45) is 35.5 Å². The predicted molar refractivity (Wildman–Crippen MR) is 594 cm³/mol. The lowest BCUT2D eigenvalue weighted by Crippen LogP contribution is -2.43. The molecule has 3 aliphatic rings. The van der Waals surface area contributed by atoms with E-state index >= 15 is 0 Å². The molecule has 0 aliphatic carbocycles. The van der Waals surface area contributed by atoms with E-state index in [4.69, 9.17) is 91.2 Å². The van der Waals surface area contributed by atoms with Gasteiger partial charge in [0.1, 0.15) is 90.8 Å². The van der Waals surface area contributed by atoms with Crippen molar-refractivity contribution in [3.8, 4) is 34.5 Å². The Balaban J connectivity index is 0.000000366. The summed E-state index contributed by atoms with van der Waals surface area (Å²) in [6.07, 6.45) is 22.1. The number of nitrogens with two attached hydrogens (primary N) is 6. The van der Waals surface area contributed by atoms with Crippen LogP contribution in [0.15, 0.2) is 109 Å². The molecule has 0 saturated carbocycles. The average molecular weight is 2040 g/mol. The van der Waals surface area contributed by atoms with E-state index in [0.29, 0.717) is 223 Å². The van der Waals surface area contributed by atoms with E-state index in [2.05, 4.69) is 119 Å². The summed E-state index contributed by atoms with van der Waals surface area (Å²) in [5, 5.41) is 0. The second-order valence-corrected chi connectivity index (χ2v) is 40.6. The highest BCUT2D eigenvalue weighted by molar-refractivity contribution is 5.95. The highest BCUT2D eigenvalue weighted by atomic mass is 16.6. The molecule has 0 aromatic heterocycles. The second-order valence-electron chi connectivity index (χ2n) is 40.6. The summed E-state index contributed by atoms with van der Waals surface area (Å²) >= 11 is 0. The van der Waals surface area contributed by atoms with E-state index in [1.165, 1.54) is 57.8 Å². The van der Waals surface area contributed by atoms with Crippen molar-refractivity contribution < 1.29 is 85.6 Å². The first-order valence-electron chi connectivity index (χ1n) is 54.1. The van der Waals surface area contributed by atoms with Crippen molar-refractivity contribution in [2.45, 2.75) is 289 Å². The van der Waals surface area contributed by atoms with Gasteiger partial charge in [0.05, 0.1) is 73.4 Å². The molecule has 0 spiro atoms. The van der Waals surface area contributed by atoms with Gasteiger partial charge in [-0.15, -0.1) is 0 Å². The topological polar surface area (TPSA) is 389 Å². The van der Waals surface area contributed by atoms with Crippen LogP contribution in [0.1, 0.15) is 315 Å². The maximum absolute atomic E-state index is 12.7. The van der Waals surface area contributed by atoms with Crippen LogP contribution in [0.5, 0.6) is 34.5 Å². The van der Waals surface area contributed by atoms with Gasteiger partial charge in [0.2, 0.25) is 0 Å². The molecule has 30 nitrogen and oxygen atoms in total. The first-order valence-corrected chi connectivity index (χ1v) is 54.1. The Hall–Kier alpha value is -10.5. The molecule has 6 aromatic rings. The van der Waals surface area contributed by atoms with Gasteiger partial charge in [0, 0.05) is 71.5 Å². The Morgan fingerprint density at radius 2 is 0.534 bits per heavy atom. The van der Waals surface area contributed by atoms with Gasteiger partial charge in [0.25, 0.3) is 0 Å². The second kappa shape index (κ2) is 71.2. The molecule has 3 aliphatic heterocycles. The molecule has 0 bridgehead atoms. The molecule has 3 heterocycles. The van der Waals surface area contributed by atoms with Crippen molar-refractivity contribution in [1.29, 1.82) is 0 Å². The quantitative estimate of drug-likeness (QED) is 0.00894. The molecule has 0 radical (unpaired) electrons. The van der Waals surface area contributed by atoms with Gasteiger partial charge in [-0.3, -0.25) is 14.7 Å². The molecule has 6 aromatic carbocycles. The molecular formula is C116H190N12O18. The van der Waals surface area contributed by atoms with Gasteiger partial charge in [-0.25, -0.2) is 28.8 Å². The van der Waals surface area contributed by atoms with Gasteiger partial charge in [-0.05, 0) is 305 Å². The summed E-state index contributed by atoms with van der Waals surface area (Å²) in [4.78, 5) is 88.4. The number of nitrogen functional groups attached to an aromatic ring is 6. The third-order valence-electron chi connectivity index (χ3n) is 26.4. The number of hydrogen-bond donors (Lipinski definition) is 6. The minimum Gasteiger partial charge on any atom is -0.493 e. The predicted octanol–water partition coefficient (Wildman–Crippen LogP) is 21.5. The summed E-state index contributed by atoms with van der Waals surface area (Å²) < 4.78 is 67.1. The third kappa shape index (κ3) is 47.3. The average Bonchev–Trinajstić information content (AvgIpc) is 0.835. The number of nitrogens with zero attached hydrogens (tertiary/aromatic N) is 6. The molecule has 3 saturated heterocycles. The van der Waals surface area contributed by atoms with Crippen LogP contribution in [-0.4, -0.2) is 262 Å². The van der Waals surface area contributed by atoms with Gasteiger partial charge in [-0.2, -0.15) is 0 Å². The number of piperidine rings is 3. The number of carbonyl (C=O) groups excluding carboxylic acids is 6. The smallest absolute Gasteiger partial charge is 0.341 e. The maximum atomic E-state index is 12.7. The van der Waals surface area contributed by atoms with Crippen LogP contribution in [0.2, 0.25) is 0 Å². The van der Waals surface area contributed by atoms with Gasteiger partial charge >= 0.3 is 35.8 Å². The Morgan fingerprint density at radius 3 is 0.795 bits per heavy atom. The summed E-state index contributed by atoms with van der Waals surface area (Å²) in [5.74, 6) is 4.13. The van der Waals surface area contributed by atoms with E-state index in [0.717, 1.165) is 110 Å². The zero-order valence-corrected chi connectivity index (χ0v) is 93.7. The molecule has 3 unspecified atom stereocenters. The maximum Gasteiger partial charge on any atom is 0.341 e. The van der Waals surface area contributed by atoms with Crippen molar-refractivity contribution in [3.05, 3.63) is 143 Å². The zero-order valence-electron chi connectivity index (χ0n) is 93.7. The molecular weight excluding hydrogens is 1850 g/mol. The fourth-order valence-corrected chi connectivity index (χ4v) is 17.3. The van der Waals surface area contributed by atoms with Crippen molar-refractivity contribution >= 4 is 69.9 Å². The van der Waals surface area contributed by atoms with Crippen LogP contribution in [-0.2, 0) is 28.4 Å². The Morgan fingerprint density at radius 1 is 0.288 bits per heavy atom. The van der Waals surface area contributed by atoms with E-state index in [1.54, 1.807) is 109 Å². The van der Waals surface area contributed by atoms with E-state index in [-0.39, 0.29) is 66.0 Å². The minimum atomic E-state index is -0.376. The molecule has 3 fully saturated rings. The lowest BCUT2D eigenvalue weighted by atomic mass is 9.99. The highest BCUT2D eigenvalue weighted by Crippen LogP contribution is 2.33. The number of carbonyl (C=O) groups is 6. The number of rotatable bonds is 53. The van der Waals surface area contributed by atoms with Gasteiger partial charge in [-0.1, -0.05) is 156 Å². The summed E-state index contributed by atoms with van der Waals surface area (Å²) in [6, 6.07) is 31.7. The molecule has 0 amide bonds. The fourth-order valence-electron chi connectivity index (χ4n) is 17.3. The van der Waals surface area contributed by atoms with E-state index in [1.807, 2.05) is 76.9 Å². The summed E-state index contributed by atoms with van der Waals surface area (Å²) in [7, 11) is 12.0. The van der Waals surface area contributed by atoms with E-state index in [9.17, 15) is 28.8 Å². The third-order valence-corrected chi connectivity index (χ3v) is 26.4. The number of anilines is 6. The normalized spacial score (nSPS) is 15.2. The van der Waals surface area contributed by atoms with Gasteiger partial charge < -0.3 is 106 Å². The van der Waals surface area contributed by atoms with Crippen LogP contribution in [0.25, 0.3) is 0 Å². The standard InChI is InChI=1S/C22H36N2O3.2C21H34N2O3.C18H30N2O3.2C17H28N2O3/c1-4-5-13-26-21-15-18(23)9-10-20(21)22(25)27-16-19(14-17(2)3)24-11-7-6-8-12-24;1-4-12-25-20-14-17(22)8-9-19(20)21(24)26-15-18(13-16(2)3)23-10-6-5-7-11-23;1-4-12-25-20-14-17(8-9-19(20)22)21(24)26-15-18(13-16(2)3)23-10-6-5-7-11-23;1-6-10-22-17-11-14(8-9-15(17)19)18(21)23-12-16(20(4)5)13(3)7-2;1-6-12(3)15(19(4)5)11-22-17(20)14-9-8-13(18)10-16(14)21-7-2;1-6-12(3)15(19(4)5)11-22-17(20)13-8-9-14(18)16(10-13)21-7-2/h9-10,15,17,19H,4-8,11-14,16,23H2,1-3H3;2*8-9,14,16,18H,4-7,10-13,15,22H2,1-3H3;8-9,11,13,16H,6-7,10,12,19H2,1-5H3;2*8-10,12,15H,6-7,11,18H2,1-5H3/t19-;2*18-;13?,16-;2*12?,15-/m000111/s1. The molecule has 30 heteroatoms. The van der Waals surface area contributed by atoms with Crippen LogP contribution in [0, 0.1) is 35.5 Å². The number of likely N-dealkylation sites (N-methyl/N-ethyl adjacent to an activating group) is 3. The molecule has 12 N–H and O–H groups in total. The Bertz CT molecular complexity index is 4690. The number of likely N-dealkylation sites (tertiary alicyclic amines) is 3. The lowest BCUT2D eigenvalue weighted by molar-refractivity contribution is 0.0274. The fraction of sp³-hybridized carbons (Fsp3) is 0.638. The van der Waals surface area contributed by atoms with Crippen LogP contribution < -0.4 is 62.8 Å². The molecule has 9 atom stereocenters. The number of ether oxygens (including phenoxy) is 12. The largest absolute Gasteiger partial charge is 0.493 e. The number of hydrogen-bond acceptors (Lipinski definition) is 30. The molecule has 146 heavy (non-hydrogen) atoms.